The van der Waals surface area contributed by atoms with Crippen molar-refractivity contribution in [2.45, 2.75) is 105 Å². The number of nitrogens with zero attached hydrogens (tertiary/aromatic N) is 5. The van der Waals surface area contributed by atoms with Crippen LogP contribution in [0, 0.1) is 0 Å². The van der Waals surface area contributed by atoms with E-state index in [-0.39, 0.29) is 28.4 Å². The maximum absolute atomic E-state index is 7.93. The van der Waals surface area contributed by atoms with Crippen molar-refractivity contribution in [2.24, 2.45) is 0 Å². The zero-order valence-corrected chi connectivity index (χ0v) is 66.5. The number of benzene rings is 15. The van der Waals surface area contributed by atoms with E-state index in [1.807, 2.05) is 0 Å². The summed E-state index contributed by atoms with van der Waals surface area (Å²) in [6.45, 7) is 28.0. The number of para-hydroxylation sites is 8. The minimum Gasteiger partial charge on any atom is -0.456 e. The molecule has 0 atom stereocenters. The third-order valence-corrected chi connectivity index (χ3v) is 25.0. The topological polar surface area (TPSA) is 39.7 Å². The van der Waals surface area contributed by atoms with Crippen LogP contribution in [-0.4, -0.2) is 20.4 Å². The summed E-state index contributed by atoms with van der Waals surface area (Å²) in [5.41, 5.74) is 32.2. The number of aromatic nitrogens is 3. The van der Waals surface area contributed by atoms with Gasteiger partial charge in [-0.05, 0) is 194 Å². The fourth-order valence-corrected chi connectivity index (χ4v) is 19.3. The van der Waals surface area contributed by atoms with Crippen LogP contribution in [0.1, 0.15) is 105 Å². The van der Waals surface area contributed by atoms with Gasteiger partial charge in [-0.2, -0.15) is 0 Å². The molecule has 7 nitrogen and oxygen atoms in total. The smallest absolute Gasteiger partial charge is 0.252 e. The molecule has 8 heteroatoms. The molecular formula is C106H86BN5O2. The number of rotatable bonds is 3. The molecule has 7 heterocycles. The van der Waals surface area contributed by atoms with E-state index in [1.165, 1.54) is 49.4 Å². The molecule has 4 aliphatic heterocycles. The Hall–Kier alpha value is -13.0. The predicted octanol–water partition coefficient (Wildman–Crippen LogP) is 27.1. The van der Waals surface area contributed by atoms with Gasteiger partial charge in [0.15, 0.2) is 0 Å². The SMILES string of the molecule is CC(C)(C)c1ccc2c(c1)-c1cc3c(cc1Oc1ccccc1-c1cc(C(C)(C)C)cc4c1N2c1cc(-n2c5ccccc5c5ccccc52)cc2c1B4c1cc(C(C)(C)C)cc4c1N2c1ccc(C(C)(C)C)cc1-c1cc2c(cc1Oc1ccccc1-4)c1ccccc1n2-c1ccccc1)c1ccccc1n3-c1ccccc1. The van der Waals surface area contributed by atoms with Crippen LogP contribution in [0.3, 0.4) is 0 Å². The first kappa shape index (κ1) is 67.8. The van der Waals surface area contributed by atoms with Crippen LogP contribution >= 0.6 is 0 Å². The summed E-state index contributed by atoms with van der Waals surface area (Å²) in [6, 6.07) is 115. The molecule has 0 spiro atoms. The van der Waals surface area contributed by atoms with Crippen molar-refractivity contribution >= 4 is 123 Å². The second-order valence-electron chi connectivity index (χ2n) is 36.1. The normalized spacial score (nSPS) is 13.5. The monoisotopic (exact) mass is 1470 g/mol. The Kier molecular flexibility index (Phi) is 14.4. The molecule has 0 amide bonds. The maximum atomic E-state index is 7.93. The highest BCUT2D eigenvalue weighted by Crippen LogP contribution is 2.59. The second kappa shape index (κ2) is 24.2. The number of anilines is 6. The lowest BCUT2D eigenvalue weighted by Gasteiger charge is -2.47. The van der Waals surface area contributed by atoms with Gasteiger partial charge >= 0.3 is 0 Å². The number of hydrogen-bond donors (Lipinski definition) is 0. The van der Waals surface area contributed by atoms with Crippen molar-refractivity contribution in [3.05, 3.63) is 326 Å². The van der Waals surface area contributed by atoms with Crippen LogP contribution in [0.2, 0.25) is 0 Å². The lowest BCUT2D eigenvalue weighted by Crippen LogP contribution is -2.62. The molecule has 0 N–H and O–H groups in total. The van der Waals surface area contributed by atoms with Crippen molar-refractivity contribution < 1.29 is 9.47 Å². The molecule has 4 aliphatic rings. The van der Waals surface area contributed by atoms with E-state index < -0.39 is 0 Å². The van der Waals surface area contributed by atoms with Gasteiger partial charge in [-0.3, -0.25) is 0 Å². The average Bonchev–Trinajstić information content (AvgIpc) is 0.741. The Morgan fingerprint density at radius 3 is 0.947 bits per heavy atom. The maximum Gasteiger partial charge on any atom is 0.252 e. The fraction of sp³-hybridized carbons (Fsp3) is 0.151. The van der Waals surface area contributed by atoms with Gasteiger partial charge in [0.05, 0.1) is 50.2 Å². The first-order chi connectivity index (χ1) is 55.1. The van der Waals surface area contributed by atoms with Gasteiger partial charge in [0.2, 0.25) is 0 Å². The molecule has 0 radical (unpaired) electrons. The van der Waals surface area contributed by atoms with E-state index in [1.54, 1.807) is 0 Å². The van der Waals surface area contributed by atoms with E-state index in [9.17, 15) is 0 Å². The highest BCUT2D eigenvalue weighted by atomic mass is 16.5. The van der Waals surface area contributed by atoms with E-state index >= 15 is 0 Å². The fourth-order valence-electron chi connectivity index (χ4n) is 19.3. The highest BCUT2D eigenvalue weighted by molar-refractivity contribution is 7.00. The number of hydrogen-bond acceptors (Lipinski definition) is 4. The molecule has 22 rings (SSSR count). The molecule has 3 aromatic heterocycles. The van der Waals surface area contributed by atoms with Gasteiger partial charge in [0.1, 0.15) is 23.0 Å². The van der Waals surface area contributed by atoms with Gasteiger partial charge in [0, 0.05) is 111 Å². The Bertz CT molecular complexity index is 6750. The first-order valence-corrected chi connectivity index (χ1v) is 40.3. The Morgan fingerprint density at radius 2 is 0.561 bits per heavy atom. The molecule has 550 valence electrons. The van der Waals surface area contributed by atoms with Crippen LogP contribution in [0.25, 0.3) is 127 Å². The third kappa shape index (κ3) is 10.1. The zero-order chi connectivity index (χ0) is 77.3. The van der Waals surface area contributed by atoms with E-state index in [4.69, 9.17) is 9.47 Å². The standard InChI is InChI=1S/C106H86BN5O2/c1-103(2,3)63-47-49-90-76(51-63)80-59-92-78(72-37-21-27-43-88(72)108(92)67-31-15-13-16-32-67)61-98(80)113-96-45-29-23-39-74(96)82-53-65(105(7,8)9)55-84-101(82)111(90)94-57-69(110-86-41-25-19-35-70(86)71-36-20-26-42-87(71)110)58-95-100(94)107(84)85-56-66(106(10,11)12)54-83-75-40-24-30-46-97(75)114-99-62-79-73-38-22-28-44-89(73)109(68-33-17-14-18-34-68)93(79)60-81(99)77-52-64(104(4,5)6)48-50-91(77)112(95)102(83)85/h13-62H,1-12H3. The molecule has 114 heavy (non-hydrogen) atoms. The van der Waals surface area contributed by atoms with Crippen LogP contribution in [-0.2, 0) is 21.7 Å². The second-order valence-corrected chi connectivity index (χ2v) is 36.1. The number of fused-ring (bicyclic) bond motifs is 25. The number of ether oxygens (including phenoxy) is 2. The summed E-state index contributed by atoms with van der Waals surface area (Å²) in [5, 5.41) is 6.94. The van der Waals surface area contributed by atoms with Crippen molar-refractivity contribution in [1.29, 1.82) is 0 Å². The van der Waals surface area contributed by atoms with Crippen molar-refractivity contribution in [2.75, 3.05) is 9.80 Å². The van der Waals surface area contributed by atoms with Crippen molar-refractivity contribution in [3.63, 3.8) is 0 Å². The lowest BCUT2D eigenvalue weighted by atomic mass is 9.32. The molecule has 0 bridgehead atoms. The van der Waals surface area contributed by atoms with E-state index in [0.717, 1.165) is 173 Å². The molecule has 0 fully saturated rings. The minimum absolute atomic E-state index is 0.254. The first-order valence-electron chi connectivity index (χ1n) is 40.3. The van der Waals surface area contributed by atoms with Gasteiger partial charge in [-0.25, -0.2) is 0 Å². The summed E-state index contributed by atoms with van der Waals surface area (Å²) in [4.78, 5) is 5.47. The summed E-state index contributed by atoms with van der Waals surface area (Å²) in [5.74, 6) is 3.13. The molecule has 0 saturated carbocycles. The summed E-state index contributed by atoms with van der Waals surface area (Å²) >= 11 is 0. The molecule has 0 aliphatic carbocycles. The van der Waals surface area contributed by atoms with Crippen LogP contribution < -0.4 is 35.7 Å². The molecule has 15 aromatic carbocycles. The highest BCUT2D eigenvalue weighted by Gasteiger charge is 2.49. The molecule has 0 saturated heterocycles. The van der Waals surface area contributed by atoms with E-state index in [2.05, 4.69) is 410 Å². The predicted molar refractivity (Wildman–Crippen MR) is 480 cm³/mol. The molecule has 18 aromatic rings. The van der Waals surface area contributed by atoms with Crippen LogP contribution in [0.15, 0.2) is 303 Å². The van der Waals surface area contributed by atoms with Gasteiger partial charge in [-0.1, -0.05) is 253 Å². The summed E-state index contributed by atoms with van der Waals surface area (Å²) < 4.78 is 23.3. The van der Waals surface area contributed by atoms with Crippen molar-refractivity contribution in [3.8, 4) is 84.6 Å². The van der Waals surface area contributed by atoms with Gasteiger partial charge in [0.25, 0.3) is 6.71 Å². The van der Waals surface area contributed by atoms with Crippen LogP contribution in [0.4, 0.5) is 34.1 Å². The van der Waals surface area contributed by atoms with Crippen molar-refractivity contribution in [1.82, 2.24) is 13.7 Å². The average molecular weight is 1470 g/mol. The lowest BCUT2D eigenvalue weighted by molar-refractivity contribution is 0.486. The van der Waals surface area contributed by atoms with Gasteiger partial charge in [-0.15, -0.1) is 0 Å². The summed E-state index contributed by atoms with van der Waals surface area (Å²) in [7, 11) is 0. The van der Waals surface area contributed by atoms with E-state index in [0.29, 0.717) is 0 Å². The Labute approximate surface area is 666 Å². The Morgan fingerprint density at radius 1 is 0.228 bits per heavy atom. The minimum atomic E-state index is -0.356. The molecule has 0 unspecified atom stereocenters. The van der Waals surface area contributed by atoms with Crippen LogP contribution in [0.5, 0.6) is 23.0 Å². The van der Waals surface area contributed by atoms with Gasteiger partial charge < -0.3 is 33.0 Å². The quantitative estimate of drug-likeness (QED) is 0.165. The third-order valence-electron chi connectivity index (χ3n) is 25.0. The largest absolute Gasteiger partial charge is 0.456 e. The Balaban J connectivity index is 0.954. The summed E-state index contributed by atoms with van der Waals surface area (Å²) in [6.07, 6.45) is 0. The molecular weight excluding hydrogens is 1390 g/mol. The zero-order valence-electron chi connectivity index (χ0n) is 66.5.